The minimum Gasteiger partial charge on any atom is -0.357 e. The van der Waals surface area contributed by atoms with Gasteiger partial charge in [0.25, 0.3) is 5.91 Å². The van der Waals surface area contributed by atoms with Gasteiger partial charge in [0.1, 0.15) is 11.5 Å². The molecule has 2 aromatic rings. The Balaban J connectivity index is 2.13. The highest BCUT2D eigenvalue weighted by Gasteiger charge is 2.07. The summed E-state index contributed by atoms with van der Waals surface area (Å²) >= 11 is 0. The van der Waals surface area contributed by atoms with E-state index < -0.39 is 0 Å². The van der Waals surface area contributed by atoms with Crippen LogP contribution in [0.5, 0.6) is 0 Å². The zero-order valence-electron chi connectivity index (χ0n) is 7.69. The van der Waals surface area contributed by atoms with E-state index in [0.717, 1.165) is 0 Å². The Morgan fingerprint density at radius 1 is 1.57 bits per heavy atom. The summed E-state index contributed by atoms with van der Waals surface area (Å²) in [6.45, 7) is 0. The second-order valence-corrected chi connectivity index (χ2v) is 2.88. The van der Waals surface area contributed by atoms with Crippen LogP contribution in [0.15, 0.2) is 30.6 Å². The Labute approximate surface area is 80.7 Å². The maximum atomic E-state index is 11.5. The summed E-state index contributed by atoms with van der Waals surface area (Å²) in [7, 11) is 1.77. The molecule has 0 fully saturated rings. The number of rotatable bonds is 2. The molecule has 0 saturated heterocycles. The van der Waals surface area contributed by atoms with Crippen LogP contribution in [0.4, 0.5) is 5.82 Å². The molecule has 2 heterocycles. The number of hydrogen-bond acceptors (Lipinski definition) is 2. The fraction of sp³-hybridized carbons (Fsp3) is 0.111. The lowest BCUT2D eigenvalue weighted by Gasteiger charge is -2.02. The van der Waals surface area contributed by atoms with Crippen LogP contribution in [0.2, 0.25) is 0 Å². The van der Waals surface area contributed by atoms with Gasteiger partial charge in [0.2, 0.25) is 0 Å². The molecule has 72 valence electrons. The van der Waals surface area contributed by atoms with Crippen molar-refractivity contribution < 1.29 is 4.79 Å². The molecule has 0 saturated carbocycles. The van der Waals surface area contributed by atoms with E-state index in [2.05, 4.69) is 15.4 Å². The number of carbonyl (C=O) groups is 1. The van der Waals surface area contributed by atoms with Gasteiger partial charge in [0.05, 0.1) is 6.20 Å². The largest absolute Gasteiger partial charge is 0.357 e. The number of aryl methyl sites for hydroxylation is 1. The van der Waals surface area contributed by atoms with Gasteiger partial charge in [-0.3, -0.25) is 9.48 Å². The standard InChI is InChI=1S/C9H10N4O/c1-13-8(4-6-11-13)12-9(14)7-3-2-5-10-7/h2-6,10H,1H3,(H,12,14). The third kappa shape index (κ3) is 1.52. The lowest BCUT2D eigenvalue weighted by atomic mass is 10.4. The molecule has 0 unspecified atom stereocenters. The van der Waals surface area contributed by atoms with Crippen LogP contribution in [-0.4, -0.2) is 20.7 Å². The van der Waals surface area contributed by atoms with Gasteiger partial charge in [-0.2, -0.15) is 5.10 Å². The molecule has 2 rings (SSSR count). The Kier molecular flexibility index (Phi) is 2.06. The minimum atomic E-state index is -0.168. The second kappa shape index (κ2) is 3.37. The van der Waals surface area contributed by atoms with Crippen molar-refractivity contribution in [1.82, 2.24) is 14.8 Å². The Morgan fingerprint density at radius 3 is 3.00 bits per heavy atom. The number of amides is 1. The topological polar surface area (TPSA) is 62.7 Å². The third-order valence-electron chi connectivity index (χ3n) is 1.91. The van der Waals surface area contributed by atoms with Crippen LogP contribution < -0.4 is 5.32 Å². The Hall–Kier alpha value is -2.04. The SMILES string of the molecule is Cn1nccc1NC(=O)c1ccc[nH]1. The first-order chi connectivity index (χ1) is 6.77. The first kappa shape index (κ1) is 8.55. The van der Waals surface area contributed by atoms with Crippen molar-refractivity contribution >= 4 is 11.7 Å². The van der Waals surface area contributed by atoms with E-state index in [9.17, 15) is 4.79 Å². The first-order valence-electron chi connectivity index (χ1n) is 4.20. The molecule has 2 N–H and O–H groups in total. The predicted molar refractivity (Wildman–Crippen MR) is 52.0 cm³/mol. The van der Waals surface area contributed by atoms with E-state index in [1.165, 1.54) is 0 Å². The number of nitrogens with zero attached hydrogens (tertiary/aromatic N) is 2. The zero-order valence-corrected chi connectivity index (χ0v) is 7.69. The fourth-order valence-electron chi connectivity index (χ4n) is 1.15. The lowest BCUT2D eigenvalue weighted by molar-refractivity contribution is 0.102. The van der Waals surface area contributed by atoms with E-state index in [1.807, 2.05) is 0 Å². The molecule has 1 amide bonds. The fourth-order valence-corrected chi connectivity index (χ4v) is 1.15. The Bertz CT molecular complexity index is 429. The molecule has 0 aromatic carbocycles. The first-order valence-corrected chi connectivity index (χ1v) is 4.20. The summed E-state index contributed by atoms with van der Waals surface area (Å²) in [6.07, 6.45) is 3.34. The van der Waals surface area contributed by atoms with Crippen LogP contribution in [0.1, 0.15) is 10.5 Å². The van der Waals surface area contributed by atoms with E-state index in [1.54, 1.807) is 42.3 Å². The number of H-pyrrole nitrogens is 1. The van der Waals surface area contributed by atoms with Crippen molar-refractivity contribution in [1.29, 1.82) is 0 Å². The van der Waals surface area contributed by atoms with Crippen LogP contribution in [0, 0.1) is 0 Å². The summed E-state index contributed by atoms with van der Waals surface area (Å²) in [5.74, 6) is 0.503. The maximum absolute atomic E-state index is 11.5. The van der Waals surface area contributed by atoms with Gasteiger partial charge in [-0.25, -0.2) is 0 Å². The van der Waals surface area contributed by atoms with Gasteiger partial charge >= 0.3 is 0 Å². The van der Waals surface area contributed by atoms with Crippen molar-refractivity contribution in [2.24, 2.45) is 7.05 Å². The maximum Gasteiger partial charge on any atom is 0.273 e. The normalized spacial score (nSPS) is 10.1. The van der Waals surface area contributed by atoms with Crippen LogP contribution in [-0.2, 0) is 7.05 Å². The molecular formula is C9H10N4O. The molecule has 14 heavy (non-hydrogen) atoms. The van der Waals surface area contributed by atoms with Gasteiger partial charge in [0, 0.05) is 19.3 Å². The summed E-state index contributed by atoms with van der Waals surface area (Å²) in [5.41, 5.74) is 0.534. The second-order valence-electron chi connectivity index (χ2n) is 2.88. The molecule has 0 aliphatic rings. The van der Waals surface area contributed by atoms with Crippen LogP contribution in [0.25, 0.3) is 0 Å². The van der Waals surface area contributed by atoms with Crippen LogP contribution in [0.3, 0.4) is 0 Å². The molecule has 0 atom stereocenters. The summed E-state index contributed by atoms with van der Waals surface area (Å²) in [4.78, 5) is 14.4. The van der Waals surface area contributed by atoms with Gasteiger partial charge in [-0.15, -0.1) is 0 Å². The lowest BCUT2D eigenvalue weighted by Crippen LogP contribution is -2.14. The average Bonchev–Trinajstić information content (AvgIpc) is 2.77. The van der Waals surface area contributed by atoms with E-state index >= 15 is 0 Å². The molecule has 5 heteroatoms. The van der Waals surface area contributed by atoms with Crippen molar-refractivity contribution in [3.05, 3.63) is 36.3 Å². The van der Waals surface area contributed by atoms with Crippen molar-refractivity contribution in [2.75, 3.05) is 5.32 Å². The molecule has 0 radical (unpaired) electrons. The monoisotopic (exact) mass is 190 g/mol. The summed E-state index contributed by atoms with van der Waals surface area (Å²) in [6, 6.07) is 5.23. The van der Waals surface area contributed by atoms with Crippen molar-refractivity contribution in [3.8, 4) is 0 Å². The Morgan fingerprint density at radius 2 is 2.43 bits per heavy atom. The van der Waals surface area contributed by atoms with E-state index in [0.29, 0.717) is 11.5 Å². The van der Waals surface area contributed by atoms with Gasteiger partial charge in [-0.05, 0) is 12.1 Å². The number of aromatic amines is 1. The van der Waals surface area contributed by atoms with E-state index in [4.69, 9.17) is 0 Å². The number of nitrogens with one attached hydrogen (secondary N) is 2. The molecule has 5 nitrogen and oxygen atoms in total. The number of anilines is 1. The smallest absolute Gasteiger partial charge is 0.273 e. The highest BCUT2D eigenvalue weighted by Crippen LogP contribution is 2.05. The zero-order chi connectivity index (χ0) is 9.97. The number of aromatic nitrogens is 3. The molecule has 2 aromatic heterocycles. The van der Waals surface area contributed by atoms with Gasteiger partial charge in [-0.1, -0.05) is 0 Å². The molecule has 0 aliphatic heterocycles. The molecular weight excluding hydrogens is 180 g/mol. The van der Waals surface area contributed by atoms with Gasteiger partial charge in [0.15, 0.2) is 0 Å². The summed E-state index contributed by atoms with van der Waals surface area (Å²) in [5, 5.41) is 6.67. The highest BCUT2D eigenvalue weighted by molar-refractivity contribution is 6.02. The third-order valence-corrected chi connectivity index (χ3v) is 1.91. The molecule has 0 bridgehead atoms. The highest BCUT2D eigenvalue weighted by atomic mass is 16.2. The number of hydrogen-bond donors (Lipinski definition) is 2. The quantitative estimate of drug-likeness (QED) is 0.742. The average molecular weight is 190 g/mol. The number of carbonyl (C=O) groups excluding carboxylic acids is 1. The summed E-state index contributed by atoms with van der Waals surface area (Å²) < 4.78 is 1.60. The molecule has 0 spiro atoms. The van der Waals surface area contributed by atoms with Crippen LogP contribution >= 0.6 is 0 Å². The molecule has 0 aliphatic carbocycles. The van der Waals surface area contributed by atoms with Crippen molar-refractivity contribution in [2.45, 2.75) is 0 Å². The predicted octanol–water partition coefficient (Wildman–Crippen LogP) is 1.00. The van der Waals surface area contributed by atoms with Gasteiger partial charge < -0.3 is 10.3 Å². The minimum absolute atomic E-state index is 0.168. The van der Waals surface area contributed by atoms with Crippen molar-refractivity contribution in [3.63, 3.8) is 0 Å². The van der Waals surface area contributed by atoms with E-state index in [-0.39, 0.29) is 5.91 Å².